The van der Waals surface area contributed by atoms with Crippen LogP contribution in [0.2, 0.25) is 0 Å². The molecule has 1 amide bonds. The Morgan fingerprint density at radius 2 is 1.73 bits per heavy atom. The van der Waals surface area contributed by atoms with Crippen LogP contribution in [0.25, 0.3) is 17.3 Å². The van der Waals surface area contributed by atoms with E-state index in [1.807, 2.05) is 66.9 Å². The lowest BCUT2D eigenvalue weighted by Gasteiger charge is -2.08. The number of ether oxygens (including phenoxy) is 1. The van der Waals surface area contributed by atoms with Crippen molar-refractivity contribution in [3.05, 3.63) is 118 Å². The molecular weight excluding hydrogens is 472 g/mol. The van der Waals surface area contributed by atoms with Crippen LogP contribution in [-0.4, -0.2) is 33.2 Å². The molecule has 0 saturated carbocycles. The number of nitro groups is 1. The zero-order valence-corrected chi connectivity index (χ0v) is 20.0. The first-order valence-electron chi connectivity index (χ1n) is 11.5. The minimum Gasteiger partial charge on any atom is -0.452 e. The van der Waals surface area contributed by atoms with E-state index >= 15 is 0 Å². The zero-order valence-electron chi connectivity index (χ0n) is 20.0. The number of carbonyl (C=O) groups is 2. The van der Waals surface area contributed by atoms with Crippen LogP contribution in [0.3, 0.4) is 0 Å². The van der Waals surface area contributed by atoms with Crippen molar-refractivity contribution in [3.63, 3.8) is 0 Å². The van der Waals surface area contributed by atoms with Gasteiger partial charge < -0.3 is 10.1 Å². The van der Waals surface area contributed by atoms with E-state index in [1.165, 1.54) is 18.2 Å². The Bertz CT molecular complexity index is 1450. The number of amides is 1. The first kappa shape index (κ1) is 25.1. The first-order chi connectivity index (χ1) is 17.9. The van der Waals surface area contributed by atoms with Gasteiger partial charge in [0.05, 0.1) is 17.2 Å². The number of anilines is 1. The van der Waals surface area contributed by atoms with Gasteiger partial charge in [-0.05, 0) is 24.1 Å². The van der Waals surface area contributed by atoms with E-state index in [2.05, 4.69) is 5.32 Å². The predicted octanol–water partition coefficient (Wildman–Crippen LogP) is 5.01. The van der Waals surface area contributed by atoms with Gasteiger partial charge in [0.1, 0.15) is 5.69 Å². The average molecular weight is 497 g/mol. The summed E-state index contributed by atoms with van der Waals surface area (Å²) < 4.78 is 6.85. The van der Waals surface area contributed by atoms with Crippen molar-refractivity contribution in [1.82, 2.24) is 9.78 Å². The van der Waals surface area contributed by atoms with Gasteiger partial charge in [-0.1, -0.05) is 72.8 Å². The van der Waals surface area contributed by atoms with Gasteiger partial charge in [0.15, 0.2) is 6.61 Å². The van der Waals surface area contributed by atoms with Crippen molar-refractivity contribution in [2.75, 3.05) is 11.9 Å². The second-order valence-corrected chi connectivity index (χ2v) is 8.20. The van der Waals surface area contributed by atoms with E-state index < -0.39 is 23.4 Å². The summed E-state index contributed by atoms with van der Waals surface area (Å²) >= 11 is 0. The predicted molar refractivity (Wildman–Crippen MR) is 140 cm³/mol. The lowest BCUT2D eigenvalue weighted by Crippen LogP contribution is -2.21. The van der Waals surface area contributed by atoms with Crippen molar-refractivity contribution >= 4 is 29.3 Å². The highest BCUT2D eigenvalue weighted by Gasteiger charge is 2.18. The molecule has 1 aromatic heterocycles. The third-order valence-corrected chi connectivity index (χ3v) is 5.48. The third kappa shape index (κ3) is 6.55. The number of aromatic nitrogens is 2. The van der Waals surface area contributed by atoms with Crippen LogP contribution in [0.15, 0.2) is 91.1 Å². The summed E-state index contributed by atoms with van der Waals surface area (Å²) in [6.45, 7) is 1.61. The molecule has 1 heterocycles. The van der Waals surface area contributed by atoms with E-state index in [0.29, 0.717) is 23.4 Å². The van der Waals surface area contributed by atoms with Gasteiger partial charge in [-0.15, -0.1) is 0 Å². The summed E-state index contributed by atoms with van der Waals surface area (Å²) in [5, 5.41) is 18.4. The van der Waals surface area contributed by atoms with Crippen LogP contribution in [0.4, 0.5) is 11.4 Å². The summed E-state index contributed by atoms with van der Waals surface area (Å²) in [4.78, 5) is 35.3. The molecule has 186 valence electrons. The van der Waals surface area contributed by atoms with Gasteiger partial charge in [0.25, 0.3) is 11.6 Å². The molecule has 9 nitrogen and oxygen atoms in total. The number of esters is 1. The fourth-order valence-corrected chi connectivity index (χ4v) is 3.72. The number of para-hydroxylation sites is 1. The summed E-state index contributed by atoms with van der Waals surface area (Å²) in [7, 11) is 0. The van der Waals surface area contributed by atoms with Crippen molar-refractivity contribution in [3.8, 4) is 11.3 Å². The fraction of sp³-hybridized carbons (Fsp3) is 0.107. The molecule has 0 radical (unpaired) electrons. The molecule has 1 N–H and O–H groups in total. The lowest BCUT2D eigenvalue weighted by atomic mass is 10.1. The van der Waals surface area contributed by atoms with Crippen LogP contribution in [0, 0.1) is 17.0 Å². The molecule has 0 aliphatic carbocycles. The van der Waals surface area contributed by atoms with Gasteiger partial charge >= 0.3 is 5.97 Å². The molecule has 37 heavy (non-hydrogen) atoms. The SMILES string of the molecule is Cc1cccc([N+](=O)[O-])c1NC(=O)COC(=O)/C=C/c1cn(Cc2ccccc2)nc1-c1ccccc1. The maximum absolute atomic E-state index is 12.3. The second-order valence-electron chi connectivity index (χ2n) is 8.20. The zero-order chi connectivity index (χ0) is 26.2. The fourth-order valence-electron chi connectivity index (χ4n) is 3.72. The number of rotatable bonds is 9. The molecule has 4 rings (SSSR count). The highest BCUT2D eigenvalue weighted by Crippen LogP contribution is 2.27. The third-order valence-electron chi connectivity index (χ3n) is 5.48. The molecule has 0 aliphatic rings. The quantitative estimate of drug-likeness (QED) is 0.151. The Morgan fingerprint density at radius 1 is 1.03 bits per heavy atom. The molecule has 0 atom stereocenters. The Balaban J connectivity index is 1.44. The average Bonchev–Trinajstić information content (AvgIpc) is 3.30. The molecule has 4 aromatic rings. The minimum absolute atomic E-state index is 0.0717. The van der Waals surface area contributed by atoms with E-state index in [9.17, 15) is 19.7 Å². The molecule has 0 aliphatic heterocycles. The number of carbonyl (C=O) groups excluding carboxylic acids is 2. The molecule has 0 bridgehead atoms. The normalized spacial score (nSPS) is 10.8. The maximum Gasteiger partial charge on any atom is 0.331 e. The number of nitro benzene ring substituents is 1. The smallest absolute Gasteiger partial charge is 0.331 e. The van der Waals surface area contributed by atoms with Gasteiger partial charge in [-0.2, -0.15) is 5.10 Å². The van der Waals surface area contributed by atoms with Crippen molar-refractivity contribution in [1.29, 1.82) is 0 Å². The van der Waals surface area contributed by atoms with E-state index in [1.54, 1.807) is 23.7 Å². The highest BCUT2D eigenvalue weighted by molar-refractivity contribution is 5.97. The monoisotopic (exact) mass is 496 g/mol. The number of hydrogen-bond acceptors (Lipinski definition) is 6. The largest absolute Gasteiger partial charge is 0.452 e. The summed E-state index contributed by atoms with van der Waals surface area (Å²) in [6, 6.07) is 23.9. The molecule has 9 heteroatoms. The van der Waals surface area contributed by atoms with Crippen molar-refractivity contribution < 1.29 is 19.2 Å². The molecule has 0 saturated heterocycles. The molecular formula is C28H24N4O5. The maximum atomic E-state index is 12.3. The summed E-state index contributed by atoms with van der Waals surface area (Å²) in [5.41, 5.74) is 3.74. The van der Waals surface area contributed by atoms with E-state index in [-0.39, 0.29) is 11.4 Å². The number of nitrogens with zero attached hydrogens (tertiary/aromatic N) is 3. The molecule has 3 aromatic carbocycles. The first-order valence-corrected chi connectivity index (χ1v) is 11.5. The summed E-state index contributed by atoms with van der Waals surface area (Å²) in [5.74, 6) is -1.41. The standard InChI is InChI=1S/C28H24N4O5/c1-20-9-8-14-24(32(35)36)27(20)29-25(33)19-37-26(34)16-15-23-18-31(17-21-10-4-2-5-11-21)30-28(23)22-12-6-3-7-13-22/h2-16,18H,17,19H2,1H3,(H,29,33)/b16-15+. The molecule has 0 fully saturated rings. The topological polar surface area (TPSA) is 116 Å². The number of aryl methyl sites for hydroxylation is 1. The van der Waals surface area contributed by atoms with Crippen LogP contribution >= 0.6 is 0 Å². The van der Waals surface area contributed by atoms with E-state index in [0.717, 1.165) is 11.1 Å². The van der Waals surface area contributed by atoms with Gasteiger partial charge in [-0.25, -0.2) is 4.79 Å². The second kappa shape index (κ2) is 11.6. The van der Waals surface area contributed by atoms with Crippen molar-refractivity contribution in [2.24, 2.45) is 0 Å². The van der Waals surface area contributed by atoms with E-state index in [4.69, 9.17) is 9.84 Å². The van der Waals surface area contributed by atoms with Gasteiger partial charge in [0, 0.05) is 29.5 Å². The Morgan fingerprint density at radius 3 is 2.43 bits per heavy atom. The lowest BCUT2D eigenvalue weighted by molar-refractivity contribution is -0.384. The Hall–Kier alpha value is -5.05. The Kier molecular flexibility index (Phi) is 7.85. The number of nitrogens with one attached hydrogen (secondary N) is 1. The number of benzene rings is 3. The van der Waals surface area contributed by atoms with Crippen LogP contribution < -0.4 is 5.32 Å². The minimum atomic E-state index is -0.732. The van der Waals surface area contributed by atoms with Crippen LogP contribution in [-0.2, 0) is 20.9 Å². The van der Waals surface area contributed by atoms with Gasteiger partial charge in [-0.3, -0.25) is 19.6 Å². The van der Waals surface area contributed by atoms with Crippen LogP contribution in [0.5, 0.6) is 0 Å². The molecule has 0 unspecified atom stereocenters. The molecule has 0 spiro atoms. The van der Waals surface area contributed by atoms with Crippen LogP contribution in [0.1, 0.15) is 16.7 Å². The summed E-state index contributed by atoms with van der Waals surface area (Å²) in [6.07, 6.45) is 4.65. The number of hydrogen-bond donors (Lipinski definition) is 1. The Labute approximate surface area is 213 Å². The highest BCUT2D eigenvalue weighted by atomic mass is 16.6. The van der Waals surface area contributed by atoms with Gasteiger partial charge in [0.2, 0.25) is 0 Å². The van der Waals surface area contributed by atoms with Crippen molar-refractivity contribution in [2.45, 2.75) is 13.5 Å².